The monoisotopic (exact) mass is 233 g/mol. The molecule has 94 valence electrons. The average molecular weight is 233 g/mol. The number of Topliss-reactive ketones (excluding diaryl/α,β-unsaturated/α-hetero) is 1. The van der Waals surface area contributed by atoms with Crippen molar-refractivity contribution in [3.05, 3.63) is 0 Å². The molecule has 0 aliphatic carbocycles. The number of hydrogen-bond donors (Lipinski definition) is 1. The highest BCUT2D eigenvalue weighted by atomic mass is 16.5. The Balaban J connectivity index is 4.87. The van der Waals surface area contributed by atoms with E-state index >= 15 is 0 Å². The van der Waals surface area contributed by atoms with Gasteiger partial charge in [0.25, 0.3) is 0 Å². The van der Waals surface area contributed by atoms with Crippen LogP contribution in [0.5, 0.6) is 0 Å². The molecule has 0 heterocycles. The normalized spacial score (nSPS) is 15.6. The highest BCUT2D eigenvalue weighted by molar-refractivity contribution is 5.91. The number of carboxylic acid groups (broad SMARTS) is 1. The number of methoxy groups -OCH3 is 1. The molecule has 0 bridgehead atoms. The van der Waals surface area contributed by atoms with Crippen molar-refractivity contribution < 1.29 is 29.0 Å². The molecule has 6 heteroatoms. The molecule has 1 unspecified atom stereocenters. The lowest BCUT2D eigenvalue weighted by Crippen LogP contribution is -2.56. The third-order valence-corrected chi connectivity index (χ3v) is 1.97. The molecule has 0 aromatic rings. The van der Waals surface area contributed by atoms with Crippen LogP contribution in [0.1, 0.15) is 6.42 Å². The van der Waals surface area contributed by atoms with E-state index < -0.39 is 23.8 Å². The maximum atomic E-state index is 11.6. The van der Waals surface area contributed by atoms with E-state index in [2.05, 4.69) is 4.74 Å². The van der Waals surface area contributed by atoms with Crippen molar-refractivity contribution >= 4 is 11.8 Å². The van der Waals surface area contributed by atoms with Crippen LogP contribution in [0.15, 0.2) is 0 Å². The second-order valence-electron chi connectivity index (χ2n) is 4.88. The number of aliphatic hydroxyl groups is 1. The molecule has 0 aromatic heterocycles. The van der Waals surface area contributed by atoms with Crippen molar-refractivity contribution in [2.45, 2.75) is 12.0 Å². The Morgan fingerprint density at radius 1 is 1.38 bits per heavy atom. The van der Waals surface area contributed by atoms with Crippen LogP contribution >= 0.6 is 0 Å². The second-order valence-corrected chi connectivity index (χ2v) is 4.88. The summed E-state index contributed by atoms with van der Waals surface area (Å²) in [5.74, 6) is -2.10. The van der Waals surface area contributed by atoms with E-state index in [4.69, 9.17) is 0 Å². The molecule has 0 aromatic carbocycles. The van der Waals surface area contributed by atoms with Gasteiger partial charge in [0.15, 0.2) is 11.4 Å². The van der Waals surface area contributed by atoms with Gasteiger partial charge >= 0.3 is 0 Å². The van der Waals surface area contributed by atoms with Crippen LogP contribution in [0.3, 0.4) is 0 Å². The maximum absolute atomic E-state index is 11.6. The Labute approximate surface area is 95.0 Å². The first kappa shape index (κ1) is 15.0. The molecule has 0 rings (SSSR count). The van der Waals surface area contributed by atoms with E-state index in [1.54, 1.807) is 21.1 Å². The van der Waals surface area contributed by atoms with Gasteiger partial charge in [-0.1, -0.05) is 0 Å². The van der Waals surface area contributed by atoms with Gasteiger partial charge in [-0.3, -0.25) is 4.79 Å². The van der Waals surface area contributed by atoms with Gasteiger partial charge in [0.2, 0.25) is 0 Å². The van der Waals surface area contributed by atoms with E-state index in [9.17, 15) is 19.8 Å². The Morgan fingerprint density at radius 2 is 1.88 bits per heavy atom. The van der Waals surface area contributed by atoms with Gasteiger partial charge in [-0.25, -0.2) is 0 Å². The summed E-state index contributed by atoms with van der Waals surface area (Å²) in [7, 11) is 6.56. The molecule has 1 N–H and O–H groups in total. The number of aliphatic carboxylic acids is 1. The SMILES string of the molecule is COCC(=O)C(O)(CC(=O)[O-])C[N+](C)(C)C. The summed E-state index contributed by atoms with van der Waals surface area (Å²) in [4.78, 5) is 22.1. The topological polar surface area (TPSA) is 86.7 Å². The maximum Gasteiger partial charge on any atom is 0.196 e. The summed E-state index contributed by atoms with van der Waals surface area (Å²) in [6.07, 6.45) is -0.718. The quantitative estimate of drug-likeness (QED) is 0.503. The van der Waals surface area contributed by atoms with Crippen LogP contribution in [-0.2, 0) is 14.3 Å². The van der Waals surface area contributed by atoms with Crippen LogP contribution < -0.4 is 5.11 Å². The van der Waals surface area contributed by atoms with E-state index in [-0.39, 0.29) is 17.6 Å². The first-order valence-electron chi connectivity index (χ1n) is 4.85. The fraction of sp³-hybridized carbons (Fsp3) is 0.800. The molecule has 0 fully saturated rings. The van der Waals surface area contributed by atoms with Crippen LogP contribution in [0.4, 0.5) is 0 Å². The van der Waals surface area contributed by atoms with E-state index in [1.165, 1.54) is 7.11 Å². The molecular formula is C10H19NO5. The standard InChI is InChI=1S/C10H19NO5/c1-11(2,3)7-10(15,5-9(13)14)8(12)6-16-4/h15H,5-7H2,1-4H3. The number of ether oxygens (including phenoxy) is 1. The van der Waals surface area contributed by atoms with Crippen LogP contribution in [-0.4, -0.2) is 68.3 Å². The Morgan fingerprint density at radius 3 is 2.19 bits per heavy atom. The number of carbonyl (C=O) groups excluding carboxylic acids is 2. The fourth-order valence-corrected chi connectivity index (χ4v) is 1.53. The summed E-state index contributed by atoms with van der Waals surface area (Å²) in [6, 6.07) is 0. The molecular weight excluding hydrogens is 214 g/mol. The fourth-order valence-electron chi connectivity index (χ4n) is 1.53. The number of likely N-dealkylation sites (N-methyl/N-ethyl adjacent to an activating group) is 1. The number of ketones is 1. The average Bonchev–Trinajstić information content (AvgIpc) is 1.98. The second kappa shape index (κ2) is 5.38. The predicted octanol–water partition coefficient (Wildman–Crippen LogP) is -2.22. The summed E-state index contributed by atoms with van der Waals surface area (Å²) in [5, 5.41) is 20.6. The number of quaternary nitrogens is 1. The summed E-state index contributed by atoms with van der Waals surface area (Å²) >= 11 is 0. The zero-order chi connectivity index (χ0) is 13.0. The zero-order valence-electron chi connectivity index (χ0n) is 10.1. The van der Waals surface area contributed by atoms with Crippen LogP contribution in [0.2, 0.25) is 0 Å². The molecule has 0 saturated heterocycles. The third-order valence-electron chi connectivity index (χ3n) is 1.97. The van der Waals surface area contributed by atoms with Crippen LogP contribution in [0.25, 0.3) is 0 Å². The molecule has 0 spiro atoms. The molecule has 6 nitrogen and oxygen atoms in total. The molecule has 0 saturated carbocycles. The Kier molecular flexibility index (Phi) is 5.05. The van der Waals surface area contributed by atoms with Gasteiger partial charge < -0.3 is 24.2 Å². The summed E-state index contributed by atoms with van der Waals surface area (Å²) in [6.45, 7) is -0.326. The molecule has 16 heavy (non-hydrogen) atoms. The van der Waals surface area contributed by atoms with E-state index in [0.717, 1.165) is 0 Å². The van der Waals surface area contributed by atoms with Crippen molar-refractivity contribution in [3.63, 3.8) is 0 Å². The number of carboxylic acids is 1. The minimum Gasteiger partial charge on any atom is -0.550 e. The minimum atomic E-state index is -1.94. The molecule has 0 aliphatic rings. The lowest BCUT2D eigenvalue weighted by atomic mass is 9.93. The van der Waals surface area contributed by atoms with Crippen molar-refractivity contribution in [1.29, 1.82) is 0 Å². The van der Waals surface area contributed by atoms with Crippen molar-refractivity contribution in [2.24, 2.45) is 0 Å². The van der Waals surface area contributed by atoms with Crippen molar-refractivity contribution in [2.75, 3.05) is 41.4 Å². The lowest BCUT2D eigenvalue weighted by Gasteiger charge is -2.34. The first-order valence-corrected chi connectivity index (χ1v) is 4.85. The summed E-state index contributed by atoms with van der Waals surface area (Å²) < 4.78 is 4.88. The Bertz CT molecular complexity index is 271. The number of carbonyl (C=O) groups is 2. The molecule has 0 amide bonds. The van der Waals surface area contributed by atoms with Gasteiger partial charge in [0.05, 0.1) is 21.1 Å². The smallest absolute Gasteiger partial charge is 0.196 e. The van der Waals surface area contributed by atoms with E-state index in [1.807, 2.05) is 0 Å². The van der Waals surface area contributed by atoms with Crippen molar-refractivity contribution in [3.8, 4) is 0 Å². The van der Waals surface area contributed by atoms with Crippen LogP contribution in [0, 0.1) is 0 Å². The minimum absolute atomic E-state index is 0.0107. The highest BCUT2D eigenvalue weighted by Crippen LogP contribution is 2.15. The van der Waals surface area contributed by atoms with Gasteiger partial charge in [0.1, 0.15) is 13.2 Å². The number of hydrogen-bond acceptors (Lipinski definition) is 5. The highest BCUT2D eigenvalue weighted by Gasteiger charge is 2.40. The van der Waals surface area contributed by atoms with Gasteiger partial charge in [-0.05, 0) is 0 Å². The number of nitrogens with zero attached hydrogens (tertiary/aromatic N) is 1. The predicted molar refractivity (Wildman–Crippen MR) is 54.4 cm³/mol. The first-order chi connectivity index (χ1) is 7.10. The zero-order valence-corrected chi connectivity index (χ0v) is 10.1. The van der Waals surface area contributed by atoms with Crippen molar-refractivity contribution in [1.82, 2.24) is 0 Å². The van der Waals surface area contributed by atoms with Gasteiger partial charge in [-0.15, -0.1) is 0 Å². The summed E-state index contributed by atoms with van der Waals surface area (Å²) in [5.41, 5.74) is -1.94. The van der Waals surface area contributed by atoms with E-state index in [0.29, 0.717) is 0 Å². The largest absolute Gasteiger partial charge is 0.550 e. The third kappa shape index (κ3) is 5.20. The molecule has 1 atom stereocenters. The van der Waals surface area contributed by atoms with Gasteiger partial charge in [0, 0.05) is 19.5 Å². The molecule has 0 aliphatic heterocycles. The Hall–Kier alpha value is -0.980. The lowest BCUT2D eigenvalue weighted by molar-refractivity contribution is -0.875. The number of rotatable bonds is 7. The van der Waals surface area contributed by atoms with Gasteiger partial charge in [-0.2, -0.15) is 0 Å². The molecule has 0 radical (unpaired) electrons.